The number of hydrogen-bond acceptors (Lipinski definition) is 8. The molecule has 7 rings (SSSR count). The highest BCUT2D eigenvalue weighted by atomic mass is 32.1. The highest BCUT2D eigenvalue weighted by Crippen LogP contribution is 2.51. The maximum atomic E-state index is 17.0. The summed E-state index contributed by atoms with van der Waals surface area (Å²) in [4.78, 5) is 28.0. The Hall–Kier alpha value is -4.62. The lowest BCUT2D eigenvalue weighted by Gasteiger charge is -2.35. The maximum Gasteiger partial charge on any atom is 0.417 e. The van der Waals surface area contributed by atoms with Gasteiger partial charge in [0.1, 0.15) is 30.2 Å². The summed E-state index contributed by atoms with van der Waals surface area (Å²) in [5.74, 6) is -3.07. The van der Waals surface area contributed by atoms with Gasteiger partial charge >= 0.3 is 12.2 Å². The summed E-state index contributed by atoms with van der Waals surface area (Å²) in [6.07, 6.45) is -3.98. The van der Waals surface area contributed by atoms with Gasteiger partial charge in [-0.05, 0) is 57.0 Å². The Labute approximate surface area is 292 Å². The van der Waals surface area contributed by atoms with E-state index in [0.717, 1.165) is 24.6 Å². The van der Waals surface area contributed by atoms with E-state index in [-0.39, 0.29) is 59.2 Å². The SMILES string of the molecule is [C-]#[N+]c1c(N)sc2c(F)ccc(-c3c(C(F)(F)F)cc4c(OC5CCN(C(=O)C=C)C5(C)C)nc(OCC56CCCN5CC(F)C6)nc4c3F)c12. The van der Waals surface area contributed by atoms with Crippen molar-refractivity contribution in [3.05, 3.63) is 59.5 Å². The average Bonchev–Trinajstić information content (AvgIpc) is 3.79. The van der Waals surface area contributed by atoms with Gasteiger partial charge in [0.05, 0.1) is 38.3 Å². The van der Waals surface area contributed by atoms with Gasteiger partial charge in [-0.15, -0.1) is 11.3 Å². The molecule has 268 valence electrons. The third-order valence-corrected chi connectivity index (χ3v) is 11.4. The van der Waals surface area contributed by atoms with Gasteiger partial charge in [0.15, 0.2) is 5.82 Å². The van der Waals surface area contributed by atoms with Crippen LogP contribution in [0, 0.1) is 18.2 Å². The first-order valence-electron chi connectivity index (χ1n) is 16.2. The van der Waals surface area contributed by atoms with E-state index in [4.69, 9.17) is 21.8 Å². The first-order valence-corrected chi connectivity index (χ1v) is 17.0. The minimum atomic E-state index is -5.16. The number of nitrogen functional groups attached to an aromatic ring is 1. The van der Waals surface area contributed by atoms with Gasteiger partial charge in [0, 0.05) is 36.9 Å². The number of anilines is 1. The summed E-state index contributed by atoms with van der Waals surface area (Å²) in [5.41, 5.74) is 0.592. The Kier molecular flexibility index (Phi) is 8.37. The quantitative estimate of drug-likeness (QED) is 0.118. The minimum absolute atomic E-state index is 0.0643. The number of carbonyl (C=O) groups is 1. The molecule has 3 fully saturated rings. The Balaban J connectivity index is 1.43. The number of hydrogen-bond donors (Lipinski definition) is 1. The van der Waals surface area contributed by atoms with Crippen LogP contribution >= 0.6 is 11.3 Å². The summed E-state index contributed by atoms with van der Waals surface area (Å²) in [5, 5.41) is -0.833. The van der Waals surface area contributed by atoms with Crippen molar-refractivity contribution in [2.45, 2.75) is 69.1 Å². The number of amides is 1. The first-order chi connectivity index (χ1) is 24.1. The number of carbonyl (C=O) groups excluding carboxylic acids is 1. The molecule has 0 saturated carbocycles. The Morgan fingerprint density at radius 1 is 1.25 bits per heavy atom. The molecule has 16 heteroatoms. The number of rotatable bonds is 7. The first kappa shape index (κ1) is 34.8. The molecule has 3 saturated heterocycles. The molecule has 3 unspecified atom stereocenters. The third kappa shape index (κ3) is 5.61. The maximum absolute atomic E-state index is 17.0. The third-order valence-electron chi connectivity index (χ3n) is 10.4. The van der Waals surface area contributed by atoms with Gasteiger partial charge in [0.25, 0.3) is 0 Å². The Morgan fingerprint density at radius 2 is 2.02 bits per heavy atom. The van der Waals surface area contributed by atoms with Gasteiger partial charge in [0.2, 0.25) is 17.5 Å². The number of fused-ring (bicyclic) bond motifs is 3. The molecule has 2 aromatic carbocycles. The van der Waals surface area contributed by atoms with Gasteiger partial charge in [-0.1, -0.05) is 12.6 Å². The van der Waals surface area contributed by atoms with Crippen LogP contribution in [0.25, 0.3) is 37.0 Å². The van der Waals surface area contributed by atoms with Crippen LogP contribution in [0.1, 0.15) is 45.1 Å². The van der Waals surface area contributed by atoms with Crippen molar-refractivity contribution in [3.8, 4) is 23.0 Å². The van der Waals surface area contributed by atoms with E-state index >= 15 is 4.39 Å². The lowest BCUT2D eigenvalue weighted by Crippen LogP contribution is -2.49. The fourth-order valence-electron chi connectivity index (χ4n) is 7.87. The fraction of sp³-hybridized carbons (Fsp3) is 0.429. The van der Waals surface area contributed by atoms with Gasteiger partial charge in [-0.3, -0.25) is 9.69 Å². The van der Waals surface area contributed by atoms with Crippen molar-refractivity contribution >= 4 is 48.9 Å². The van der Waals surface area contributed by atoms with Crippen LogP contribution in [-0.4, -0.2) is 75.3 Å². The smallest absolute Gasteiger partial charge is 0.417 e. The highest BCUT2D eigenvalue weighted by Gasteiger charge is 2.50. The Bertz CT molecular complexity index is 2150. The van der Waals surface area contributed by atoms with Gasteiger partial charge in [-0.2, -0.15) is 23.1 Å². The number of ether oxygens (including phenoxy) is 2. The van der Waals surface area contributed by atoms with Crippen molar-refractivity contribution in [1.29, 1.82) is 0 Å². The van der Waals surface area contributed by atoms with E-state index in [1.807, 2.05) is 4.90 Å². The largest absolute Gasteiger partial charge is 0.471 e. The molecule has 1 amide bonds. The van der Waals surface area contributed by atoms with E-state index in [1.165, 1.54) is 4.90 Å². The van der Waals surface area contributed by atoms with Crippen LogP contribution in [0.15, 0.2) is 30.9 Å². The molecule has 51 heavy (non-hydrogen) atoms. The van der Waals surface area contributed by atoms with Crippen LogP contribution in [0.5, 0.6) is 11.9 Å². The number of halogens is 6. The van der Waals surface area contributed by atoms with E-state index in [1.54, 1.807) is 13.8 Å². The van der Waals surface area contributed by atoms with E-state index in [2.05, 4.69) is 21.4 Å². The predicted molar refractivity (Wildman–Crippen MR) is 180 cm³/mol. The zero-order valence-corrected chi connectivity index (χ0v) is 28.4. The lowest BCUT2D eigenvalue weighted by molar-refractivity contribution is -0.137. The van der Waals surface area contributed by atoms with Crippen molar-refractivity contribution in [2.24, 2.45) is 0 Å². The summed E-state index contributed by atoms with van der Waals surface area (Å²) in [7, 11) is 0. The zero-order valence-electron chi connectivity index (χ0n) is 27.5. The van der Waals surface area contributed by atoms with Crippen LogP contribution in [0.3, 0.4) is 0 Å². The molecule has 0 radical (unpaired) electrons. The van der Waals surface area contributed by atoms with E-state index in [0.29, 0.717) is 30.4 Å². The molecular formula is C35H32F6N6O3S. The number of nitrogens with zero attached hydrogens (tertiary/aromatic N) is 5. The summed E-state index contributed by atoms with van der Waals surface area (Å²) >= 11 is 0.668. The molecule has 3 aliphatic rings. The second kappa shape index (κ2) is 12.3. The average molecular weight is 731 g/mol. The van der Waals surface area contributed by atoms with Crippen LogP contribution in [-0.2, 0) is 11.0 Å². The lowest BCUT2D eigenvalue weighted by atomic mass is 9.93. The molecule has 9 nitrogen and oxygen atoms in total. The van der Waals surface area contributed by atoms with E-state index < -0.39 is 80.6 Å². The summed E-state index contributed by atoms with van der Waals surface area (Å²) in [6.45, 7) is 15.7. The number of thiophene rings is 1. The van der Waals surface area contributed by atoms with Crippen molar-refractivity contribution in [1.82, 2.24) is 19.8 Å². The summed E-state index contributed by atoms with van der Waals surface area (Å²) in [6, 6.07) is 2.11. The molecule has 2 N–H and O–H groups in total. The normalized spacial score (nSPS) is 23.2. The number of alkyl halides is 4. The van der Waals surface area contributed by atoms with Crippen molar-refractivity contribution < 1.29 is 40.6 Å². The number of benzene rings is 2. The molecule has 2 aromatic heterocycles. The van der Waals surface area contributed by atoms with Gasteiger partial charge in [-0.25, -0.2) is 18.0 Å². The molecular weight excluding hydrogens is 698 g/mol. The van der Waals surface area contributed by atoms with E-state index in [9.17, 15) is 26.7 Å². The second-order valence-electron chi connectivity index (χ2n) is 13.7. The predicted octanol–water partition coefficient (Wildman–Crippen LogP) is 7.84. The second-order valence-corrected chi connectivity index (χ2v) is 14.7. The fourth-order valence-corrected chi connectivity index (χ4v) is 8.80. The highest BCUT2D eigenvalue weighted by molar-refractivity contribution is 7.23. The monoisotopic (exact) mass is 730 g/mol. The molecule has 4 aromatic rings. The standard InChI is InChI=1S/C35H32F6N6O3S/c1-5-23(48)47-12-9-22(33(47,2)3)50-31-19-13-20(35(39,40)41)24(18-7-8-21(37)29-25(18)28(43-4)30(42)51-29)26(38)27(19)44-32(45-31)49-16-34-10-6-11-46(34)15-17(36)14-34/h5,7-8,13,17,22H,1,6,9-12,14-16,42H2,2-3H3. The van der Waals surface area contributed by atoms with Crippen molar-refractivity contribution in [2.75, 3.05) is 32.0 Å². The molecule has 0 spiro atoms. The number of aromatic nitrogens is 2. The van der Waals surface area contributed by atoms with Crippen LogP contribution in [0.4, 0.5) is 37.0 Å². The molecule has 3 atom stereocenters. The number of likely N-dealkylation sites (tertiary alicyclic amines) is 1. The summed E-state index contributed by atoms with van der Waals surface area (Å²) < 4.78 is 103. The zero-order chi connectivity index (χ0) is 36.6. The minimum Gasteiger partial charge on any atom is -0.471 e. The van der Waals surface area contributed by atoms with Crippen LogP contribution < -0.4 is 15.2 Å². The topological polar surface area (TPSA) is 98.2 Å². The Morgan fingerprint density at radius 3 is 2.73 bits per heavy atom. The van der Waals surface area contributed by atoms with Gasteiger partial charge < -0.3 is 20.1 Å². The molecule has 3 aliphatic heterocycles. The van der Waals surface area contributed by atoms with Crippen LogP contribution in [0.2, 0.25) is 0 Å². The molecule has 5 heterocycles. The van der Waals surface area contributed by atoms with Crippen molar-refractivity contribution in [3.63, 3.8) is 0 Å². The molecule has 0 bridgehead atoms. The number of nitrogens with two attached hydrogens (primary N) is 1. The molecule has 0 aliphatic carbocycles.